The second-order valence-corrected chi connectivity index (χ2v) is 4.16. The molecule has 2 rings (SSSR count). The van der Waals surface area contributed by atoms with Crippen LogP contribution in [0, 0.1) is 6.92 Å². The zero-order valence-corrected chi connectivity index (χ0v) is 10.3. The van der Waals surface area contributed by atoms with Crippen molar-refractivity contribution in [1.82, 2.24) is 0 Å². The minimum atomic E-state index is -1.14. The highest BCUT2D eigenvalue weighted by atomic mass is 16.5. The van der Waals surface area contributed by atoms with Gasteiger partial charge in [0, 0.05) is 17.5 Å². The second kappa shape index (κ2) is 5.11. The molecule has 0 spiro atoms. The molecule has 0 saturated heterocycles. The van der Waals surface area contributed by atoms with E-state index in [0.717, 1.165) is 10.9 Å². The van der Waals surface area contributed by atoms with Crippen LogP contribution in [-0.2, 0) is 4.79 Å². The van der Waals surface area contributed by atoms with E-state index in [1.165, 1.54) is 12.1 Å². The summed E-state index contributed by atoms with van der Waals surface area (Å²) in [7, 11) is 0. The van der Waals surface area contributed by atoms with Gasteiger partial charge in [0.15, 0.2) is 0 Å². The lowest BCUT2D eigenvalue weighted by atomic mass is 10.1. The first-order chi connectivity index (χ1) is 8.97. The Balaban J connectivity index is 2.27. The van der Waals surface area contributed by atoms with Gasteiger partial charge in [-0.1, -0.05) is 0 Å². The molecule has 0 bridgehead atoms. The molecule has 0 fully saturated rings. The first kappa shape index (κ1) is 13.1. The van der Waals surface area contributed by atoms with Crippen LogP contribution in [0.2, 0.25) is 0 Å². The Labute approximate surface area is 108 Å². The number of carbonyl (C=O) groups is 1. The lowest BCUT2D eigenvalue weighted by Crippen LogP contribution is -2.36. The van der Waals surface area contributed by atoms with Crippen molar-refractivity contribution in [3.8, 4) is 5.75 Å². The summed E-state index contributed by atoms with van der Waals surface area (Å²) in [5.41, 5.74) is 6.09. The van der Waals surface area contributed by atoms with Crippen molar-refractivity contribution in [1.29, 1.82) is 0 Å². The topological polar surface area (TPSA) is 103 Å². The van der Waals surface area contributed by atoms with E-state index in [2.05, 4.69) is 0 Å². The van der Waals surface area contributed by atoms with E-state index in [9.17, 15) is 9.59 Å². The van der Waals surface area contributed by atoms with E-state index in [1.54, 1.807) is 19.1 Å². The van der Waals surface area contributed by atoms with Gasteiger partial charge in [0.2, 0.25) is 0 Å². The molecule has 1 heterocycles. The number of aliphatic carboxylic acids is 1. The number of carboxylic acid groups (broad SMARTS) is 1. The molecule has 0 radical (unpaired) electrons. The monoisotopic (exact) mass is 263 g/mol. The third kappa shape index (κ3) is 2.92. The molecule has 0 amide bonds. The highest BCUT2D eigenvalue weighted by Gasteiger charge is 2.12. The van der Waals surface area contributed by atoms with Crippen molar-refractivity contribution in [2.45, 2.75) is 13.0 Å². The molecule has 1 atom stereocenters. The van der Waals surface area contributed by atoms with Crippen molar-refractivity contribution in [3.63, 3.8) is 0 Å². The van der Waals surface area contributed by atoms with Gasteiger partial charge in [-0.05, 0) is 24.6 Å². The summed E-state index contributed by atoms with van der Waals surface area (Å²) in [5, 5.41) is 9.44. The minimum Gasteiger partial charge on any atom is -0.491 e. The first-order valence-corrected chi connectivity index (χ1v) is 5.63. The highest BCUT2D eigenvalue weighted by molar-refractivity contribution is 5.81. The number of carboxylic acids is 1. The lowest BCUT2D eigenvalue weighted by molar-refractivity contribution is -0.139. The van der Waals surface area contributed by atoms with Crippen molar-refractivity contribution >= 4 is 16.9 Å². The van der Waals surface area contributed by atoms with E-state index in [-0.39, 0.29) is 6.61 Å². The smallest absolute Gasteiger partial charge is 0.336 e. The van der Waals surface area contributed by atoms with Crippen LogP contribution in [0.3, 0.4) is 0 Å². The van der Waals surface area contributed by atoms with Crippen LogP contribution in [0.25, 0.3) is 11.0 Å². The van der Waals surface area contributed by atoms with Crippen molar-refractivity contribution in [2.75, 3.05) is 6.61 Å². The van der Waals surface area contributed by atoms with Crippen LogP contribution in [0.5, 0.6) is 5.75 Å². The van der Waals surface area contributed by atoms with E-state index in [4.69, 9.17) is 20.0 Å². The highest BCUT2D eigenvalue weighted by Crippen LogP contribution is 2.22. The average Bonchev–Trinajstić information content (AvgIpc) is 2.35. The Kier molecular flexibility index (Phi) is 3.52. The Morgan fingerprint density at radius 2 is 2.21 bits per heavy atom. The number of hydrogen-bond acceptors (Lipinski definition) is 5. The maximum atomic E-state index is 11.3. The van der Waals surface area contributed by atoms with Gasteiger partial charge in [0.25, 0.3) is 0 Å². The molecule has 0 aliphatic rings. The Bertz CT molecular complexity index is 676. The zero-order valence-electron chi connectivity index (χ0n) is 10.3. The largest absolute Gasteiger partial charge is 0.491 e. The van der Waals surface area contributed by atoms with E-state index in [0.29, 0.717) is 11.3 Å². The van der Waals surface area contributed by atoms with Crippen LogP contribution >= 0.6 is 0 Å². The lowest BCUT2D eigenvalue weighted by Gasteiger charge is -2.10. The van der Waals surface area contributed by atoms with Gasteiger partial charge in [-0.15, -0.1) is 0 Å². The number of nitrogens with two attached hydrogens (primary N) is 1. The molecular formula is C13H13NO5. The molecule has 3 N–H and O–H groups in total. The quantitative estimate of drug-likeness (QED) is 0.794. The van der Waals surface area contributed by atoms with Gasteiger partial charge in [0.05, 0.1) is 0 Å². The average molecular weight is 263 g/mol. The van der Waals surface area contributed by atoms with Crippen LogP contribution in [0.15, 0.2) is 33.5 Å². The van der Waals surface area contributed by atoms with Gasteiger partial charge in [0.1, 0.15) is 24.0 Å². The standard InChI is InChI=1S/C13H13NO5/c1-7-4-12(15)19-11-5-8(2-3-9(7)11)18-6-10(14)13(16)17/h2-5,10H,6,14H2,1H3,(H,16,17). The normalized spacial score (nSPS) is 12.3. The molecule has 1 unspecified atom stereocenters. The van der Waals surface area contributed by atoms with Crippen LogP contribution < -0.4 is 16.1 Å². The molecule has 2 aromatic rings. The predicted molar refractivity (Wildman–Crippen MR) is 68.3 cm³/mol. The van der Waals surface area contributed by atoms with Crippen LogP contribution in [-0.4, -0.2) is 23.7 Å². The first-order valence-electron chi connectivity index (χ1n) is 5.63. The SMILES string of the molecule is Cc1cc(=O)oc2cc(OCC(N)C(=O)O)ccc12. The molecule has 19 heavy (non-hydrogen) atoms. The van der Waals surface area contributed by atoms with Gasteiger partial charge in [-0.2, -0.15) is 0 Å². The summed E-state index contributed by atoms with van der Waals surface area (Å²) >= 11 is 0. The number of fused-ring (bicyclic) bond motifs is 1. The van der Waals surface area contributed by atoms with Crippen LogP contribution in [0.4, 0.5) is 0 Å². The number of aryl methyl sites for hydroxylation is 1. The predicted octanol–water partition coefficient (Wildman–Crippen LogP) is 0.892. The summed E-state index contributed by atoms with van der Waals surface area (Å²) in [6.45, 7) is 1.65. The fourth-order valence-electron chi connectivity index (χ4n) is 1.65. The maximum absolute atomic E-state index is 11.3. The summed E-state index contributed by atoms with van der Waals surface area (Å²) < 4.78 is 10.3. The second-order valence-electron chi connectivity index (χ2n) is 4.16. The fraction of sp³-hybridized carbons (Fsp3) is 0.231. The number of hydrogen-bond donors (Lipinski definition) is 2. The third-order valence-electron chi connectivity index (χ3n) is 2.67. The van der Waals surface area contributed by atoms with E-state index in [1.807, 2.05) is 0 Å². The molecule has 1 aromatic carbocycles. The van der Waals surface area contributed by atoms with Gasteiger partial charge < -0.3 is 20.0 Å². The number of rotatable bonds is 4. The fourth-order valence-corrected chi connectivity index (χ4v) is 1.65. The number of ether oxygens (including phenoxy) is 1. The van der Waals surface area contributed by atoms with Gasteiger partial charge >= 0.3 is 11.6 Å². The molecule has 0 aliphatic carbocycles. The molecule has 1 aromatic heterocycles. The van der Waals surface area contributed by atoms with Crippen molar-refractivity contribution < 1.29 is 19.1 Å². The zero-order chi connectivity index (χ0) is 14.0. The maximum Gasteiger partial charge on any atom is 0.336 e. The summed E-state index contributed by atoms with van der Waals surface area (Å²) in [6, 6.07) is 5.26. The molecular weight excluding hydrogens is 250 g/mol. The molecule has 0 saturated carbocycles. The molecule has 100 valence electrons. The molecule has 0 aliphatic heterocycles. The van der Waals surface area contributed by atoms with Crippen LogP contribution in [0.1, 0.15) is 5.56 Å². The summed E-state index contributed by atoms with van der Waals surface area (Å²) in [4.78, 5) is 21.8. The van der Waals surface area contributed by atoms with E-state index >= 15 is 0 Å². The summed E-state index contributed by atoms with van der Waals surface area (Å²) in [5.74, 6) is -0.735. The summed E-state index contributed by atoms with van der Waals surface area (Å²) in [6.07, 6.45) is 0. The molecule has 6 heteroatoms. The van der Waals surface area contributed by atoms with E-state index < -0.39 is 17.6 Å². The van der Waals surface area contributed by atoms with Crippen molar-refractivity contribution in [2.24, 2.45) is 5.73 Å². The van der Waals surface area contributed by atoms with Gasteiger partial charge in [-0.25, -0.2) is 4.79 Å². The molecule has 6 nitrogen and oxygen atoms in total. The Morgan fingerprint density at radius 1 is 1.47 bits per heavy atom. The van der Waals surface area contributed by atoms with Gasteiger partial charge in [-0.3, -0.25) is 4.79 Å². The minimum absolute atomic E-state index is 0.156. The third-order valence-corrected chi connectivity index (χ3v) is 2.67. The number of benzene rings is 1. The Morgan fingerprint density at radius 3 is 2.89 bits per heavy atom. The Hall–Kier alpha value is -2.34. The van der Waals surface area contributed by atoms with Crippen molar-refractivity contribution in [3.05, 3.63) is 40.2 Å².